The Labute approximate surface area is 165 Å². The molecule has 6 nitrogen and oxygen atoms in total. The zero-order chi connectivity index (χ0) is 18.8. The van der Waals surface area contributed by atoms with Crippen molar-refractivity contribution in [2.45, 2.75) is 12.5 Å². The van der Waals surface area contributed by atoms with E-state index in [2.05, 4.69) is 10.4 Å². The van der Waals surface area contributed by atoms with E-state index in [1.807, 2.05) is 12.1 Å². The summed E-state index contributed by atoms with van der Waals surface area (Å²) in [6, 6.07) is 12.0. The van der Waals surface area contributed by atoms with Gasteiger partial charge in [0.15, 0.2) is 0 Å². The molecule has 2 aromatic heterocycles. The first-order valence-corrected chi connectivity index (χ1v) is 9.03. The topological polar surface area (TPSA) is 71.0 Å². The largest absolute Gasteiger partial charge is 0.467 e. The molecule has 1 aliphatic rings. The molecule has 0 spiro atoms. The lowest BCUT2D eigenvalue weighted by atomic mass is 10.1. The Balaban J connectivity index is 1.52. The number of carbonyl (C=O) groups is 1. The van der Waals surface area contributed by atoms with Gasteiger partial charge in [-0.25, -0.2) is 5.01 Å². The average Bonchev–Trinajstić information content (AvgIpc) is 3.41. The van der Waals surface area contributed by atoms with Crippen molar-refractivity contribution in [3.05, 3.63) is 76.6 Å². The summed E-state index contributed by atoms with van der Waals surface area (Å²) in [4.78, 5) is 12.8. The molecule has 1 aliphatic heterocycles. The third kappa shape index (κ3) is 3.72. The van der Waals surface area contributed by atoms with Crippen LogP contribution in [0.15, 0.2) is 68.9 Å². The van der Waals surface area contributed by atoms with Crippen LogP contribution in [0, 0.1) is 0 Å². The molecule has 3 heterocycles. The van der Waals surface area contributed by atoms with Gasteiger partial charge in [-0.05, 0) is 42.5 Å². The van der Waals surface area contributed by atoms with E-state index in [0.717, 1.165) is 0 Å². The first kappa shape index (κ1) is 17.7. The van der Waals surface area contributed by atoms with Crippen LogP contribution in [0.3, 0.4) is 0 Å². The lowest BCUT2D eigenvalue weighted by Crippen LogP contribution is -2.32. The van der Waals surface area contributed by atoms with Gasteiger partial charge in [-0.15, -0.1) is 0 Å². The second-order valence-corrected chi connectivity index (χ2v) is 6.79. The molecule has 8 heteroatoms. The molecule has 0 saturated carbocycles. The number of benzene rings is 1. The second kappa shape index (κ2) is 7.50. The van der Waals surface area contributed by atoms with Crippen molar-refractivity contribution in [1.82, 2.24) is 5.01 Å². The quantitative estimate of drug-likeness (QED) is 0.652. The van der Waals surface area contributed by atoms with E-state index in [1.165, 1.54) is 5.01 Å². The van der Waals surface area contributed by atoms with Gasteiger partial charge in [0.05, 0.1) is 29.1 Å². The molecule has 1 unspecified atom stereocenters. The fraction of sp³-hybridized carbons (Fsp3) is 0.158. The van der Waals surface area contributed by atoms with Crippen molar-refractivity contribution in [1.29, 1.82) is 0 Å². The van der Waals surface area contributed by atoms with Crippen LogP contribution in [0.2, 0.25) is 10.0 Å². The van der Waals surface area contributed by atoms with E-state index in [4.69, 9.17) is 32.0 Å². The standard InChI is InChI=1S/C19H15Cl2N3O3/c20-13-6-5-12(9-14(13)21)22-11-19(25)24-16(18-4-2-8-27-18)10-15(23-24)17-3-1-7-26-17/h1-9,16,22H,10-11H2. The third-order valence-corrected chi connectivity index (χ3v) is 4.95. The van der Waals surface area contributed by atoms with Crippen molar-refractivity contribution in [3.63, 3.8) is 0 Å². The third-order valence-electron chi connectivity index (χ3n) is 4.21. The van der Waals surface area contributed by atoms with E-state index in [-0.39, 0.29) is 18.5 Å². The van der Waals surface area contributed by atoms with E-state index in [1.54, 1.807) is 42.9 Å². The van der Waals surface area contributed by atoms with Gasteiger partial charge in [0.2, 0.25) is 0 Å². The van der Waals surface area contributed by atoms with Gasteiger partial charge < -0.3 is 14.2 Å². The van der Waals surface area contributed by atoms with Gasteiger partial charge >= 0.3 is 0 Å². The average molecular weight is 404 g/mol. The number of hydrogen-bond acceptors (Lipinski definition) is 5. The Hall–Kier alpha value is -2.70. The fourth-order valence-corrected chi connectivity index (χ4v) is 3.20. The van der Waals surface area contributed by atoms with Crippen LogP contribution in [0.4, 0.5) is 5.69 Å². The Morgan fingerprint density at radius 1 is 1.15 bits per heavy atom. The highest BCUT2D eigenvalue weighted by atomic mass is 35.5. The molecule has 3 aromatic rings. The van der Waals surface area contributed by atoms with E-state index in [9.17, 15) is 4.79 Å². The molecule has 1 amide bonds. The summed E-state index contributed by atoms with van der Waals surface area (Å²) < 4.78 is 10.9. The van der Waals surface area contributed by atoms with Crippen LogP contribution >= 0.6 is 23.2 Å². The number of amides is 1. The molecule has 4 rings (SSSR count). The molecule has 138 valence electrons. The second-order valence-electron chi connectivity index (χ2n) is 5.98. The minimum atomic E-state index is -0.316. The normalized spacial score (nSPS) is 16.4. The van der Waals surface area contributed by atoms with Crippen LogP contribution in [0.1, 0.15) is 24.0 Å². The molecule has 0 aliphatic carbocycles. The number of halogens is 2. The minimum absolute atomic E-state index is 0.0457. The number of hydrazone groups is 1. The maximum Gasteiger partial charge on any atom is 0.262 e. The maximum absolute atomic E-state index is 12.8. The number of nitrogens with zero attached hydrogens (tertiary/aromatic N) is 2. The smallest absolute Gasteiger partial charge is 0.262 e. The molecular weight excluding hydrogens is 389 g/mol. The van der Waals surface area contributed by atoms with E-state index in [0.29, 0.717) is 39.4 Å². The monoisotopic (exact) mass is 403 g/mol. The lowest BCUT2D eigenvalue weighted by molar-refractivity contribution is -0.131. The SMILES string of the molecule is O=C(CNc1ccc(Cl)c(Cl)c1)N1N=C(c2ccco2)CC1c1ccco1. The van der Waals surface area contributed by atoms with Crippen LogP contribution in [0.25, 0.3) is 0 Å². The number of hydrogen-bond donors (Lipinski definition) is 1. The summed E-state index contributed by atoms with van der Waals surface area (Å²) >= 11 is 11.9. The minimum Gasteiger partial charge on any atom is -0.467 e. The van der Waals surface area contributed by atoms with Crippen LogP contribution < -0.4 is 5.32 Å². The molecule has 1 N–H and O–H groups in total. The van der Waals surface area contributed by atoms with Crippen molar-refractivity contribution in [2.24, 2.45) is 5.10 Å². The zero-order valence-corrected chi connectivity index (χ0v) is 15.6. The fourth-order valence-electron chi connectivity index (χ4n) is 2.90. The summed E-state index contributed by atoms with van der Waals surface area (Å²) in [6.45, 7) is 0.0457. The Morgan fingerprint density at radius 3 is 2.67 bits per heavy atom. The number of carbonyl (C=O) groups excluding carboxylic acids is 1. The molecular formula is C19H15Cl2N3O3. The molecule has 0 fully saturated rings. The Bertz CT molecular complexity index is 968. The van der Waals surface area contributed by atoms with Crippen molar-refractivity contribution < 1.29 is 13.6 Å². The van der Waals surface area contributed by atoms with Gasteiger partial charge in [-0.3, -0.25) is 4.79 Å². The van der Waals surface area contributed by atoms with Gasteiger partial charge in [-0.2, -0.15) is 5.10 Å². The highest BCUT2D eigenvalue weighted by molar-refractivity contribution is 6.42. The number of anilines is 1. The highest BCUT2D eigenvalue weighted by Crippen LogP contribution is 2.33. The van der Waals surface area contributed by atoms with Crippen molar-refractivity contribution in [2.75, 3.05) is 11.9 Å². The van der Waals surface area contributed by atoms with E-state index < -0.39 is 0 Å². The van der Waals surface area contributed by atoms with Crippen LogP contribution in [0.5, 0.6) is 0 Å². The van der Waals surface area contributed by atoms with Gasteiger partial charge in [-0.1, -0.05) is 23.2 Å². The molecule has 1 aromatic carbocycles. The van der Waals surface area contributed by atoms with E-state index >= 15 is 0 Å². The maximum atomic E-state index is 12.8. The van der Waals surface area contributed by atoms with Crippen molar-refractivity contribution >= 4 is 40.5 Å². The first-order valence-electron chi connectivity index (χ1n) is 8.27. The molecule has 0 saturated heterocycles. The Kier molecular flexibility index (Phi) is 4.92. The number of furan rings is 2. The summed E-state index contributed by atoms with van der Waals surface area (Å²) in [6.07, 6.45) is 3.67. The summed E-state index contributed by atoms with van der Waals surface area (Å²) in [5.74, 6) is 1.10. The highest BCUT2D eigenvalue weighted by Gasteiger charge is 2.35. The zero-order valence-electron chi connectivity index (χ0n) is 14.1. The van der Waals surface area contributed by atoms with Crippen LogP contribution in [-0.2, 0) is 4.79 Å². The Morgan fingerprint density at radius 2 is 1.96 bits per heavy atom. The van der Waals surface area contributed by atoms with Gasteiger partial charge in [0.25, 0.3) is 5.91 Å². The first-order chi connectivity index (χ1) is 13.1. The summed E-state index contributed by atoms with van der Waals surface area (Å²) in [5.41, 5.74) is 1.39. The predicted octanol–water partition coefficient (Wildman–Crippen LogP) is 4.97. The van der Waals surface area contributed by atoms with Crippen molar-refractivity contribution in [3.8, 4) is 0 Å². The lowest BCUT2D eigenvalue weighted by Gasteiger charge is -2.20. The molecule has 0 bridgehead atoms. The summed E-state index contributed by atoms with van der Waals surface area (Å²) in [7, 11) is 0. The summed E-state index contributed by atoms with van der Waals surface area (Å²) in [5, 5.41) is 9.83. The number of rotatable bonds is 5. The molecule has 1 atom stereocenters. The molecule has 0 radical (unpaired) electrons. The predicted molar refractivity (Wildman–Crippen MR) is 103 cm³/mol. The van der Waals surface area contributed by atoms with Crippen LogP contribution in [-0.4, -0.2) is 23.2 Å². The molecule has 27 heavy (non-hydrogen) atoms. The van der Waals surface area contributed by atoms with Gasteiger partial charge in [0.1, 0.15) is 23.3 Å². The number of nitrogens with one attached hydrogen (secondary N) is 1. The van der Waals surface area contributed by atoms with Gasteiger partial charge in [0, 0.05) is 12.1 Å².